The molecule has 3 unspecified atom stereocenters. The van der Waals surface area contributed by atoms with E-state index < -0.39 is 0 Å². The Morgan fingerprint density at radius 1 is 1.19 bits per heavy atom. The first-order valence-corrected chi connectivity index (χ1v) is 10.6. The fourth-order valence-corrected chi connectivity index (χ4v) is 4.43. The number of phenols is 1. The van der Waals surface area contributed by atoms with Crippen molar-refractivity contribution in [3.05, 3.63) is 35.4 Å². The number of nitrogens with one attached hydrogen (secondary N) is 1. The molecule has 26 heavy (non-hydrogen) atoms. The Bertz CT molecular complexity index is 610. The first-order valence-electron chi connectivity index (χ1n) is 10.6. The molecule has 3 heteroatoms. The summed E-state index contributed by atoms with van der Waals surface area (Å²) >= 11 is 0. The number of benzene rings is 1. The molecule has 3 rings (SSSR count). The van der Waals surface area contributed by atoms with E-state index in [0.717, 1.165) is 49.3 Å². The second kappa shape index (κ2) is 9.45. The molecule has 1 aliphatic heterocycles. The maximum absolute atomic E-state index is 10.8. The highest BCUT2D eigenvalue weighted by Gasteiger charge is 2.38. The molecule has 1 saturated carbocycles. The minimum Gasteiger partial charge on any atom is -0.508 e. The van der Waals surface area contributed by atoms with E-state index in [9.17, 15) is 5.11 Å². The summed E-state index contributed by atoms with van der Waals surface area (Å²) in [5.41, 5.74) is 2.20. The molecular formula is C23H35NO2. The molecule has 0 spiro atoms. The predicted molar refractivity (Wildman–Crippen MR) is 108 cm³/mol. The van der Waals surface area contributed by atoms with E-state index in [1.54, 1.807) is 0 Å². The lowest BCUT2D eigenvalue weighted by molar-refractivity contribution is 0.138. The fourth-order valence-electron chi connectivity index (χ4n) is 4.43. The molecule has 3 atom stereocenters. The smallest absolute Gasteiger partial charge is 0.126 e. The standard InChI is InChI=1S/C23H35NO2/c1-3-5-7-8-9-17-13-21(25)23-20-15-19(24-12-6-4-2)11-10-18(20)16-26-22(23)14-17/h7-8,13-14,18-20,24-25H,3-6,9-12,15-16H2,1-2H3. The highest BCUT2D eigenvalue weighted by molar-refractivity contribution is 5.51. The molecule has 2 N–H and O–H groups in total. The van der Waals surface area contributed by atoms with Crippen LogP contribution in [-0.2, 0) is 6.42 Å². The van der Waals surface area contributed by atoms with Crippen LogP contribution in [0.15, 0.2) is 24.3 Å². The average Bonchev–Trinajstić information content (AvgIpc) is 2.65. The van der Waals surface area contributed by atoms with Crippen molar-refractivity contribution in [3.63, 3.8) is 0 Å². The number of aromatic hydroxyl groups is 1. The summed E-state index contributed by atoms with van der Waals surface area (Å²) in [5.74, 6) is 2.33. The van der Waals surface area contributed by atoms with Crippen LogP contribution in [0.3, 0.4) is 0 Å². The Morgan fingerprint density at radius 3 is 2.88 bits per heavy atom. The second-order valence-corrected chi connectivity index (χ2v) is 7.99. The molecule has 0 aromatic heterocycles. The summed E-state index contributed by atoms with van der Waals surface area (Å²) in [6.45, 7) is 6.33. The molecule has 2 aliphatic rings. The minimum atomic E-state index is 0.427. The van der Waals surface area contributed by atoms with Crippen molar-refractivity contribution in [1.82, 2.24) is 5.32 Å². The monoisotopic (exact) mass is 357 g/mol. The van der Waals surface area contributed by atoms with Gasteiger partial charge < -0.3 is 15.2 Å². The molecule has 0 saturated heterocycles. The van der Waals surface area contributed by atoms with Gasteiger partial charge in [-0.2, -0.15) is 0 Å². The van der Waals surface area contributed by atoms with Crippen molar-refractivity contribution in [1.29, 1.82) is 0 Å². The lowest BCUT2D eigenvalue weighted by atomic mass is 9.72. The molecule has 1 aliphatic carbocycles. The van der Waals surface area contributed by atoms with E-state index in [2.05, 4.69) is 37.4 Å². The van der Waals surface area contributed by atoms with Crippen LogP contribution in [0.25, 0.3) is 0 Å². The normalized spacial score (nSPS) is 24.9. The van der Waals surface area contributed by atoms with Gasteiger partial charge in [-0.3, -0.25) is 0 Å². The number of unbranched alkanes of at least 4 members (excludes halogenated alkanes) is 2. The van der Waals surface area contributed by atoms with Gasteiger partial charge in [0.05, 0.1) is 6.61 Å². The lowest BCUT2D eigenvalue weighted by Gasteiger charge is -2.41. The molecule has 0 radical (unpaired) electrons. The summed E-state index contributed by atoms with van der Waals surface area (Å²) in [5, 5.41) is 14.5. The predicted octanol–water partition coefficient (Wildman–Crippen LogP) is 5.33. The van der Waals surface area contributed by atoms with Crippen molar-refractivity contribution >= 4 is 0 Å². The topological polar surface area (TPSA) is 41.5 Å². The van der Waals surface area contributed by atoms with Gasteiger partial charge in [-0.05, 0) is 68.7 Å². The zero-order valence-corrected chi connectivity index (χ0v) is 16.5. The number of rotatable bonds is 8. The number of fused-ring (bicyclic) bond motifs is 3. The third-order valence-electron chi connectivity index (χ3n) is 5.94. The molecule has 0 amide bonds. The van der Waals surface area contributed by atoms with E-state index in [-0.39, 0.29) is 0 Å². The fraction of sp³-hybridized carbons (Fsp3) is 0.652. The number of hydrogen-bond acceptors (Lipinski definition) is 3. The molecule has 1 heterocycles. The number of allylic oxidation sites excluding steroid dienone is 2. The molecule has 3 nitrogen and oxygen atoms in total. The Balaban J connectivity index is 1.71. The molecule has 144 valence electrons. The van der Waals surface area contributed by atoms with Crippen molar-refractivity contribution in [3.8, 4) is 11.5 Å². The highest BCUT2D eigenvalue weighted by Crippen LogP contribution is 2.49. The zero-order chi connectivity index (χ0) is 18.4. The SMILES string of the molecule is CCCC=CCc1cc(O)c2c(c1)OCC1CCC(NCCCC)CC21. The molecule has 0 bridgehead atoms. The summed E-state index contributed by atoms with van der Waals surface area (Å²) in [7, 11) is 0. The third-order valence-corrected chi connectivity index (χ3v) is 5.94. The summed E-state index contributed by atoms with van der Waals surface area (Å²) in [6.07, 6.45) is 13.6. The van der Waals surface area contributed by atoms with Crippen LogP contribution in [0, 0.1) is 5.92 Å². The molecular weight excluding hydrogens is 322 g/mol. The van der Waals surface area contributed by atoms with Crippen LogP contribution in [0.1, 0.15) is 75.8 Å². The minimum absolute atomic E-state index is 0.427. The van der Waals surface area contributed by atoms with Gasteiger partial charge in [-0.25, -0.2) is 0 Å². The summed E-state index contributed by atoms with van der Waals surface area (Å²) < 4.78 is 6.07. The van der Waals surface area contributed by atoms with Crippen LogP contribution < -0.4 is 10.1 Å². The second-order valence-electron chi connectivity index (χ2n) is 7.99. The lowest BCUT2D eigenvalue weighted by Crippen LogP contribution is -2.40. The van der Waals surface area contributed by atoms with Crippen LogP contribution in [0.5, 0.6) is 11.5 Å². The van der Waals surface area contributed by atoms with Gasteiger partial charge in [0.15, 0.2) is 0 Å². The van der Waals surface area contributed by atoms with Crippen LogP contribution >= 0.6 is 0 Å². The first kappa shape index (κ1) is 19.3. The summed E-state index contributed by atoms with van der Waals surface area (Å²) in [6, 6.07) is 4.68. The van der Waals surface area contributed by atoms with Gasteiger partial charge in [0.25, 0.3) is 0 Å². The molecule has 1 aromatic carbocycles. The number of hydrogen-bond donors (Lipinski definition) is 2. The van der Waals surface area contributed by atoms with Gasteiger partial charge in [-0.1, -0.05) is 38.8 Å². The number of phenolic OH excluding ortho intramolecular Hbond substituents is 1. The largest absolute Gasteiger partial charge is 0.508 e. The Morgan fingerprint density at radius 2 is 2.08 bits per heavy atom. The van der Waals surface area contributed by atoms with Gasteiger partial charge >= 0.3 is 0 Å². The molecule has 1 aromatic rings. The van der Waals surface area contributed by atoms with Gasteiger partial charge in [-0.15, -0.1) is 0 Å². The van der Waals surface area contributed by atoms with Crippen molar-refractivity contribution < 1.29 is 9.84 Å². The van der Waals surface area contributed by atoms with Gasteiger partial charge in [0.1, 0.15) is 11.5 Å². The van der Waals surface area contributed by atoms with E-state index >= 15 is 0 Å². The van der Waals surface area contributed by atoms with Crippen LogP contribution in [0.4, 0.5) is 0 Å². The van der Waals surface area contributed by atoms with Crippen molar-refractivity contribution in [2.45, 2.75) is 77.2 Å². The van der Waals surface area contributed by atoms with Crippen molar-refractivity contribution in [2.24, 2.45) is 5.92 Å². The Kier molecular flexibility index (Phi) is 7.01. The average molecular weight is 358 g/mol. The highest BCUT2D eigenvalue weighted by atomic mass is 16.5. The van der Waals surface area contributed by atoms with E-state index in [1.807, 2.05) is 6.07 Å². The van der Waals surface area contributed by atoms with E-state index in [4.69, 9.17) is 4.74 Å². The maximum Gasteiger partial charge on any atom is 0.126 e. The van der Waals surface area contributed by atoms with Crippen molar-refractivity contribution in [2.75, 3.05) is 13.2 Å². The van der Waals surface area contributed by atoms with Crippen LogP contribution in [-0.4, -0.2) is 24.3 Å². The molecule has 1 fully saturated rings. The number of ether oxygens (including phenoxy) is 1. The third kappa shape index (κ3) is 4.62. The van der Waals surface area contributed by atoms with Gasteiger partial charge in [0.2, 0.25) is 0 Å². The zero-order valence-electron chi connectivity index (χ0n) is 16.5. The van der Waals surface area contributed by atoms with Crippen LogP contribution in [0.2, 0.25) is 0 Å². The first-order chi connectivity index (χ1) is 12.7. The van der Waals surface area contributed by atoms with E-state index in [0.29, 0.717) is 23.6 Å². The van der Waals surface area contributed by atoms with Gasteiger partial charge in [0, 0.05) is 17.5 Å². The maximum atomic E-state index is 10.8. The Labute approximate surface area is 158 Å². The summed E-state index contributed by atoms with van der Waals surface area (Å²) in [4.78, 5) is 0. The van der Waals surface area contributed by atoms with E-state index in [1.165, 1.54) is 32.1 Å². The quantitative estimate of drug-likeness (QED) is 0.488. The Hall–Kier alpha value is -1.48.